The number of rotatable bonds is 8. The normalized spacial score (nSPS) is 12.6. The molecule has 0 heterocycles. The molecule has 0 fully saturated rings. The molecule has 8 aromatic rings. The lowest BCUT2D eigenvalue weighted by Gasteiger charge is -2.22. The van der Waals surface area contributed by atoms with E-state index in [-0.39, 0.29) is 0 Å². The molecule has 0 unspecified atom stereocenters. The number of hydrogen-bond acceptors (Lipinski definition) is 8. The quantitative estimate of drug-likeness (QED) is 0.149. The molecule has 1 aliphatic carbocycles. The van der Waals surface area contributed by atoms with Gasteiger partial charge in [0, 0.05) is 176 Å². The van der Waals surface area contributed by atoms with Crippen LogP contribution in [0.5, 0.6) is 46.0 Å². The van der Waals surface area contributed by atoms with Gasteiger partial charge in [-0.25, -0.2) is 0 Å². The first-order valence-corrected chi connectivity index (χ1v) is 31.6. The molecule has 8 nitrogen and oxygen atoms in total. The molecule has 0 saturated heterocycles. The average Bonchev–Trinajstić information content (AvgIpc) is 3.48. The van der Waals surface area contributed by atoms with E-state index in [1.165, 1.54) is 0 Å². The van der Waals surface area contributed by atoms with Gasteiger partial charge in [0.1, 0.15) is 46.0 Å². The predicted molar refractivity (Wildman–Crippen MR) is 348 cm³/mol. The maximum absolute atomic E-state index is 6.36. The number of halogens is 8. The summed E-state index contributed by atoms with van der Waals surface area (Å²) in [5, 5.41) is 0. The second kappa shape index (κ2) is 26.7. The molecule has 0 amide bonds. The van der Waals surface area contributed by atoms with E-state index in [0.717, 1.165) is 171 Å². The molecule has 0 spiro atoms. The van der Waals surface area contributed by atoms with Crippen molar-refractivity contribution in [2.45, 2.75) is 51.4 Å². The molecule has 16 bridgehead atoms. The Bertz CT molecular complexity index is 2770. The maximum atomic E-state index is 6.36. The summed E-state index contributed by atoms with van der Waals surface area (Å²) in [6.07, 6.45) is 4.14. The summed E-state index contributed by atoms with van der Waals surface area (Å²) in [4.78, 5) is 0. The first kappa shape index (κ1) is 60.6. The highest BCUT2D eigenvalue weighted by Gasteiger charge is 2.26. The minimum Gasteiger partial charge on any atom is -0.496 e. The Morgan fingerprint density at radius 3 is 0.312 bits per heavy atom. The largest absolute Gasteiger partial charge is 0.496 e. The van der Waals surface area contributed by atoms with Gasteiger partial charge < -0.3 is 37.9 Å². The van der Waals surface area contributed by atoms with Crippen molar-refractivity contribution in [3.63, 3.8) is 0 Å². The van der Waals surface area contributed by atoms with E-state index in [2.05, 4.69) is 225 Å². The van der Waals surface area contributed by atoms with Crippen LogP contribution in [0.4, 0.5) is 0 Å². The molecule has 80 heavy (non-hydrogen) atoms. The van der Waals surface area contributed by atoms with Crippen LogP contribution in [0.1, 0.15) is 89.0 Å². The van der Waals surface area contributed by atoms with Gasteiger partial charge in [0.15, 0.2) is 0 Å². The van der Waals surface area contributed by atoms with Crippen molar-refractivity contribution in [2.24, 2.45) is 0 Å². The van der Waals surface area contributed by atoms with Crippen molar-refractivity contribution in [3.8, 4) is 46.0 Å². The molecule has 416 valence electrons. The predicted octanol–water partition coefficient (Wildman–Crippen LogP) is 18.9. The van der Waals surface area contributed by atoms with Crippen molar-refractivity contribution in [1.29, 1.82) is 0 Å². The smallest absolute Gasteiger partial charge is 0.125 e. The first-order valence-electron chi connectivity index (χ1n) is 25.3. The van der Waals surface area contributed by atoms with E-state index in [0.29, 0.717) is 51.4 Å². The summed E-state index contributed by atoms with van der Waals surface area (Å²) in [7, 11) is 13.9. The Hall–Kier alpha value is -4.00. The number of ether oxygens (including phenoxy) is 8. The highest BCUT2D eigenvalue weighted by molar-refractivity contribution is 9.11. The maximum Gasteiger partial charge on any atom is 0.125 e. The Morgan fingerprint density at radius 2 is 0.250 bits per heavy atom. The number of hydrogen-bond donors (Lipinski definition) is 0. The van der Waals surface area contributed by atoms with Crippen LogP contribution in [0.25, 0.3) is 0 Å². The Morgan fingerprint density at radius 1 is 0.175 bits per heavy atom. The number of benzene rings is 8. The molecule has 0 atom stereocenters. The van der Waals surface area contributed by atoms with E-state index in [9.17, 15) is 0 Å². The van der Waals surface area contributed by atoms with Crippen LogP contribution >= 0.6 is 127 Å². The van der Waals surface area contributed by atoms with Crippen LogP contribution in [-0.4, -0.2) is 56.9 Å². The van der Waals surface area contributed by atoms with Crippen molar-refractivity contribution >= 4 is 127 Å². The van der Waals surface area contributed by atoms with Crippen molar-refractivity contribution in [3.05, 3.63) is 222 Å². The van der Waals surface area contributed by atoms with Crippen LogP contribution in [0.2, 0.25) is 0 Å². The Labute approximate surface area is 536 Å². The molecule has 0 N–H and O–H groups in total. The van der Waals surface area contributed by atoms with E-state index in [4.69, 9.17) is 37.9 Å². The first-order chi connectivity index (χ1) is 38.5. The lowest BCUT2D eigenvalue weighted by atomic mass is 9.91. The summed E-state index contributed by atoms with van der Waals surface area (Å²) in [5.74, 6) is 6.22. The Balaban J connectivity index is 1.25. The van der Waals surface area contributed by atoms with Gasteiger partial charge in [-0.2, -0.15) is 0 Å². The molecule has 16 heteroatoms. The van der Waals surface area contributed by atoms with Gasteiger partial charge in [0.25, 0.3) is 0 Å². The third-order valence-electron chi connectivity index (χ3n) is 14.3. The van der Waals surface area contributed by atoms with E-state index in [1.807, 2.05) is 0 Å². The summed E-state index contributed by atoms with van der Waals surface area (Å²) in [5.41, 5.74) is 15.8. The van der Waals surface area contributed by atoms with Gasteiger partial charge >= 0.3 is 0 Å². The van der Waals surface area contributed by atoms with Crippen LogP contribution in [-0.2, 0) is 51.4 Å². The second-order valence-electron chi connectivity index (χ2n) is 19.5. The SMILES string of the molecule is COc1c2cc(Br)cc1Cc1cc(Br)cc(c1OC)Cc1cc(Br)cc(c1OC)Cc1cc(Br)cc(c1OC)Cc1cc(Br)cc(c1OC)Cc1cc(Br)cc(c1OC)Cc1cc(Br)cc(c1OC)Cc1cc(Br)cc(c1OC)C2. The summed E-state index contributed by atoms with van der Waals surface area (Å²) < 4.78 is 58.2. The lowest BCUT2D eigenvalue weighted by molar-refractivity contribution is 0.396. The third-order valence-corrected chi connectivity index (χ3v) is 18.0. The van der Waals surface area contributed by atoms with E-state index < -0.39 is 0 Å². The standard InChI is InChI=1S/C64H56Br8O8/c1-73-57-33-9-35-19-50(66)21-37(58(35)74-2)11-39-23-52(68)25-41(60(39)76-4)13-43-27-54(70)29-45(62(43)78-6)15-47-31-56(72)32-48(64(47)80-8)16-46-30-55(71)28-44(63(46)79-7)14-42-26-53(69)24-40(61(42)77-5)12-38-22-51(67)20-36(59(38)75-3)10-34(57)18-49(65)17-33/h17-32H,9-16H2,1-8H3. The topological polar surface area (TPSA) is 73.8 Å². The van der Waals surface area contributed by atoms with Crippen LogP contribution < -0.4 is 37.9 Å². The molecule has 9 rings (SSSR count). The fourth-order valence-electron chi connectivity index (χ4n) is 11.5. The van der Waals surface area contributed by atoms with Crippen molar-refractivity contribution < 1.29 is 37.9 Å². The van der Waals surface area contributed by atoms with Crippen LogP contribution in [0.3, 0.4) is 0 Å². The van der Waals surface area contributed by atoms with Gasteiger partial charge in [-0.05, 0) is 97.1 Å². The summed E-state index contributed by atoms with van der Waals surface area (Å²) in [6.45, 7) is 0. The zero-order valence-electron chi connectivity index (χ0n) is 45.2. The van der Waals surface area contributed by atoms with Crippen molar-refractivity contribution in [2.75, 3.05) is 56.9 Å². The number of methoxy groups -OCH3 is 8. The van der Waals surface area contributed by atoms with Gasteiger partial charge in [-0.3, -0.25) is 0 Å². The van der Waals surface area contributed by atoms with Gasteiger partial charge in [-0.15, -0.1) is 0 Å². The molecular formula is C64H56Br8O8. The molecule has 0 aliphatic heterocycles. The van der Waals surface area contributed by atoms with Crippen LogP contribution in [0, 0.1) is 0 Å². The average molecular weight is 1590 g/mol. The van der Waals surface area contributed by atoms with E-state index in [1.54, 1.807) is 56.9 Å². The monoisotopic (exact) mass is 1580 g/mol. The lowest BCUT2D eigenvalue weighted by Crippen LogP contribution is -2.07. The minimum absolute atomic E-state index is 0.517. The molecule has 8 aromatic carbocycles. The molecule has 0 aromatic heterocycles. The fraction of sp³-hybridized carbons (Fsp3) is 0.250. The molecular weight excluding hydrogens is 1540 g/mol. The highest BCUT2D eigenvalue weighted by Crippen LogP contribution is 2.45. The summed E-state index contributed by atoms with van der Waals surface area (Å²) in [6, 6.07) is 34.0. The fourth-order valence-corrected chi connectivity index (χ4v) is 16.0. The molecule has 0 radical (unpaired) electrons. The summed E-state index contributed by atoms with van der Waals surface area (Å²) >= 11 is 31.1. The van der Waals surface area contributed by atoms with Crippen molar-refractivity contribution in [1.82, 2.24) is 0 Å². The van der Waals surface area contributed by atoms with Gasteiger partial charge in [0.2, 0.25) is 0 Å². The van der Waals surface area contributed by atoms with Crippen LogP contribution in [0.15, 0.2) is 133 Å². The Kier molecular flexibility index (Phi) is 20.2. The molecule has 1 aliphatic rings. The van der Waals surface area contributed by atoms with E-state index >= 15 is 0 Å². The van der Waals surface area contributed by atoms with Gasteiger partial charge in [0.05, 0.1) is 56.9 Å². The third kappa shape index (κ3) is 13.3. The minimum atomic E-state index is 0.517. The highest BCUT2D eigenvalue weighted by atomic mass is 79.9. The second-order valence-corrected chi connectivity index (χ2v) is 26.8. The number of fused-ring (bicyclic) bond motifs is 16. The van der Waals surface area contributed by atoms with Gasteiger partial charge in [-0.1, -0.05) is 127 Å². The molecule has 0 saturated carbocycles. The zero-order valence-corrected chi connectivity index (χ0v) is 57.9. The zero-order chi connectivity index (χ0) is 57.1.